The fraction of sp³-hybridized carbons (Fsp3) is 0.273. The van der Waals surface area contributed by atoms with Gasteiger partial charge in [0.05, 0.1) is 15.8 Å². The van der Waals surface area contributed by atoms with Crippen molar-refractivity contribution in [3.8, 4) is 0 Å². The van der Waals surface area contributed by atoms with Gasteiger partial charge in [0.2, 0.25) is 5.89 Å². The minimum Gasteiger partial charge on any atom is -0.397 e. The molecule has 0 bridgehead atoms. The maximum Gasteiger partial charge on any atom is 0.223 e. The minimum absolute atomic E-state index is 0.361. The van der Waals surface area contributed by atoms with Crippen LogP contribution in [0.1, 0.15) is 11.7 Å². The summed E-state index contributed by atoms with van der Waals surface area (Å²) in [6.45, 7) is 2.32. The zero-order valence-electron chi connectivity index (χ0n) is 9.70. The number of nitrogens with zero attached hydrogens (tertiary/aromatic N) is 2. The van der Waals surface area contributed by atoms with Crippen LogP contribution in [-0.2, 0) is 6.42 Å². The van der Waals surface area contributed by atoms with Crippen molar-refractivity contribution in [1.82, 2.24) is 10.1 Å². The van der Waals surface area contributed by atoms with Gasteiger partial charge >= 0.3 is 0 Å². The first-order chi connectivity index (χ1) is 8.56. The molecule has 0 aliphatic rings. The molecule has 0 amide bonds. The first kappa shape index (κ1) is 12.8. The van der Waals surface area contributed by atoms with Gasteiger partial charge in [-0.25, -0.2) is 4.39 Å². The predicted octanol–water partition coefficient (Wildman–Crippen LogP) is 2.52. The third kappa shape index (κ3) is 2.98. The maximum atomic E-state index is 13.2. The first-order valence-corrected chi connectivity index (χ1v) is 6.13. The topological polar surface area (TPSA) is 77.0 Å². The summed E-state index contributed by atoms with van der Waals surface area (Å²) in [4.78, 5) is 4.08. The molecule has 0 unspecified atom stereocenters. The Labute approximate surface area is 112 Å². The molecule has 7 heteroatoms. The van der Waals surface area contributed by atoms with Crippen LogP contribution in [0.2, 0.25) is 0 Å². The minimum atomic E-state index is -0.383. The molecule has 0 saturated carbocycles. The Bertz CT molecular complexity index is 558. The van der Waals surface area contributed by atoms with Crippen LogP contribution in [0.3, 0.4) is 0 Å². The van der Waals surface area contributed by atoms with E-state index >= 15 is 0 Å². The smallest absolute Gasteiger partial charge is 0.223 e. The number of anilines is 2. The highest BCUT2D eigenvalue weighted by molar-refractivity contribution is 9.10. The quantitative estimate of drug-likeness (QED) is 0.848. The van der Waals surface area contributed by atoms with Gasteiger partial charge < -0.3 is 15.6 Å². The SMILES string of the molecule is Cc1nc(CCNc2cc(Br)c(F)cc2N)no1. The summed E-state index contributed by atoms with van der Waals surface area (Å²) in [7, 11) is 0. The molecule has 5 nitrogen and oxygen atoms in total. The lowest BCUT2D eigenvalue weighted by Gasteiger charge is -2.09. The van der Waals surface area contributed by atoms with Crippen molar-refractivity contribution in [2.45, 2.75) is 13.3 Å². The summed E-state index contributed by atoms with van der Waals surface area (Å²) < 4.78 is 18.4. The number of benzene rings is 1. The summed E-state index contributed by atoms with van der Waals surface area (Å²) in [6.07, 6.45) is 0.603. The Hall–Kier alpha value is -1.63. The van der Waals surface area contributed by atoms with Crippen LogP contribution in [0.15, 0.2) is 21.1 Å². The number of aromatic nitrogens is 2. The Morgan fingerprint density at radius 1 is 1.50 bits per heavy atom. The average molecular weight is 315 g/mol. The molecule has 0 aliphatic heterocycles. The molecular formula is C11H12BrFN4O. The number of hydrogen-bond acceptors (Lipinski definition) is 5. The van der Waals surface area contributed by atoms with Gasteiger partial charge in [0.25, 0.3) is 0 Å². The van der Waals surface area contributed by atoms with Crippen LogP contribution in [0.4, 0.5) is 15.8 Å². The molecule has 0 radical (unpaired) electrons. The summed E-state index contributed by atoms with van der Waals surface area (Å²) >= 11 is 3.11. The predicted molar refractivity (Wildman–Crippen MR) is 69.7 cm³/mol. The molecular weight excluding hydrogens is 303 g/mol. The molecule has 0 saturated heterocycles. The van der Waals surface area contributed by atoms with Gasteiger partial charge in [-0.15, -0.1) is 0 Å². The molecule has 3 N–H and O–H groups in total. The first-order valence-electron chi connectivity index (χ1n) is 5.34. The lowest BCUT2D eigenvalue weighted by atomic mass is 10.2. The molecule has 0 atom stereocenters. The number of halogens is 2. The lowest BCUT2D eigenvalue weighted by Crippen LogP contribution is -2.08. The van der Waals surface area contributed by atoms with Crippen LogP contribution in [0.5, 0.6) is 0 Å². The van der Waals surface area contributed by atoms with Gasteiger partial charge in [-0.1, -0.05) is 5.16 Å². The second-order valence-electron chi connectivity index (χ2n) is 3.76. The van der Waals surface area contributed by atoms with Crippen LogP contribution >= 0.6 is 15.9 Å². The van der Waals surface area contributed by atoms with Crippen molar-refractivity contribution in [3.05, 3.63) is 34.1 Å². The standard InChI is InChI=1S/C11H12BrFN4O/c1-6-16-11(17-18-6)2-3-15-10-4-7(12)8(13)5-9(10)14/h4-5,15H,2-3,14H2,1H3. The summed E-state index contributed by atoms with van der Waals surface area (Å²) in [5.41, 5.74) is 6.73. The second kappa shape index (κ2) is 5.34. The van der Waals surface area contributed by atoms with E-state index < -0.39 is 0 Å². The van der Waals surface area contributed by atoms with E-state index in [0.29, 0.717) is 40.5 Å². The number of nitrogens with two attached hydrogens (primary N) is 1. The summed E-state index contributed by atoms with van der Waals surface area (Å²) in [5.74, 6) is 0.778. The summed E-state index contributed by atoms with van der Waals surface area (Å²) in [5, 5.41) is 6.87. The highest BCUT2D eigenvalue weighted by Gasteiger charge is 2.06. The van der Waals surface area contributed by atoms with E-state index in [1.165, 1.54) is 6.07 Å². The van der Waals surface area contributed by atoms with Crippen LogP contribution in [0, 0.1) is 12.7 Å². The Kier molecular flexibility index (Phi) is 3.81. The van der Waals surface area contributed by atoms with Crippen molar-refractivity contribution in [3.63, 3.8) is 0 Å². The van der Waals surface area contributed by atoms with Crippen LogP contribution < -0.4 is 11.1 Å². The monoisotopic (exact) mass is 314 g/mol. The molecule has 1 aromatic carbocycles. The van der Waals surface area contributed by atoms with E-state index in [1.807, 2.05) is 0 Å². The second-order valence-corrected chi connectivity index (χ2v) is 4.61. The molecule has 2 aromatic rings. The zero-order valence-corrected chi connectivity index (χ0v) is 11.3. The number of aryl methyl sites for hydroxylation is 1. The summed E-state index contributed by atoms with van der Waals surface area (Å²) in [6, 6.07) is 2.87. The van der Waals surface area contributed by atoms with Crippen molar-refractivity contribution in [2.24, 2.45) is 0 Å². The van der Waals surface area contributed by atoms with E-state index in [-0.39, 0.29) is 5.82 Å². The van der Waals surface area contributed by atoms with E-state index in [4.69, 9.17) is 10.3 Å². The number of nitrogen functional groups attached to an aromatic ring is 1. The Morgan fingerprint density at radius 3 is 2.94 bits per heavy atom. The fourth-order valence-electron chi connectivity index (χ4n) is 1.47. The number of hydrogen-bond donors (Lipinski definition) is 2. The van der Waals surface area contributed by atoms with E-state index in [1.54, 1.807) is 13.0 Å². The van der Waals surface area contributed by atoms with Gasteiger partial charge in [-0.05, 0) is 22.0 Å². The van der Waals surface area contributed by atoms with Crippen molar-refractivity contribution < 1.29 is 8.91 Å². The van der Waals surface area contributed by atoms with Gasteiger partial charge in [0.15, 0.2) is 5.82 Å². The Morgan fingerprint density at radius 2 is 2.28 bits per heavy atom. The normalized spacial score (nSPS) is 10.6. The van der Waals surface area contributed by atoms with Gasteiger partial charge in [-0.3, -0.25) is 0 Å². The highest BCUT2D eigenvalue weighted by atomic mass is 79.9. The highest BCUT2D eigenvalue weighted by Crippen LogP contribution is 2.26. The third-order valence-electron chi connectivity index (χ3n) is 2.33. The maximum absolute atomic E-state index is 13.2. The van der Waals surface area contributed by atoms with Gasteiger partial charge in [-0.2, -0.15) is 4.98 Å². The molecule has 1 aromatic heterocycles. The molecule has 2 rings (SSSR count). The van der Waals surface area contributed by atoms with E-state index in [9.17, 15) is 4.39 Å². The Balaban J connectivity index is 1.96. The van der Waals surface area contributed by atoms with Crippen molar-refractivity contribution >= 4 is 27.3 Å². The van der Waals surface area contributed by atoms with Crippen molar-refractivity contribution in [1.29, 1.82) is 0 Å². The molecule has 18 heavy (non-hydrogen) atoms. The van der Waals surface area contributed by atoms with E-state index in [2.05, 4.69) is 31.4 Å². The number of nitrogens with one attached hydrogen (secondary N) is 1. The molecule has 0 fully saturated rings. The van der Waals surface area contributed by atoms with Gasteiger partial charge in [0, 0.05) is 26.0 Å². The molecule has 0 spiro atoms. The molecule has 0 aliphatic carbocycles. The number of rotatable bonds is 4. The van der Waals surface area contributed by atoms with Crippen molar-refractivity contribution in [2.75, 3.05) is 17.6 Å². The average Bonchev–Trinajstić information content (AvgIpc) is 2.71. The van der Waals surface area contributed by atoms with Crippen LogP contribution in [0.25, 0.3) is 0 Å². The molecule has 1 heterocycles. The third-order valence-corrected chi connectivity index (χ3v) is 2.93. The molecule has 96 valence electrons. The van der Waals surface area contributed by atoms with E-state index in [0.717, 1.165) is 0 Å². The lowest BCUT2D eigenvalue weighted by molar-refractivity contribution is 0.387. The zero-order chi connectivity index (χ0) is 13.1. The van der Waals surface area contributed by atoms with Crippen LogP contribution in [-0.4, -0.2) is 16.7 Å². The largest absolute Gasteiger partial charge is 0.397 e. The van der Waals surface area contributed by atoms with Gasteiger partial charge in [0.1, 0.15) is 5.82 Å². The fourth-order valence-corrected chi connectivity index (χ4v) is 1.81.